The summed E-state index contributed by atoms with van der Waals surface area (Å²) < 4.78 is 26.5. The molecule has 0 unspecified atom stereocenters. The molecule has 0 aliphatic heterocycles. The van der Waals surface area contributed by atoms with Gasteiger partial charge in [0.1, 0.15) is 0 Å². The monoisotopic (exact) mass is 529 g/mol. The molecule has 33 heavy (non-hydrogen) atoms. The third kappa shape index (κ3) is 6.90. The molecule has 0 bridgehead atoms. The van der Waals surface area contributed by atoms with E-state index in [2.05, 4.69) is 11.0 Å². The summed E-state index contributed by atoms with van der Waals surface area (Å²) in [5.41, 5.74) is 3.06. The number of aryl methyl sites for hydroxylation is 2. The van der Waals surface area contributed by atoms with Crippen LogP contribution in [0.3, 0.4) is 0 Å². The van der Waals surface area contributed by atoms with Crippen molar-refractivity contribution in [2.24, 2.45) is 0 Å². The Kier molecular flexibility index (Phi) is 9.70. The van der Waals surface area contributed by atoms with Gasteiger partial charge in [-0.2, -0.15) is 0 Å². The van der Waals surface area contributed by atoms with Crippen LogP contribution in [0.5, 0.6) is 0 Å². The number of rotatable bonds is 9. The number of hydrogen-bond acceptors (Lipinski definition) is 6. The summed E-state index contributed by atoms with van der Waals surface area (Å²) in [6.07, 6.45) is 0.650. The first kappa shape index (κ1) is 27.5. The third-order valence-corrected chi connectivity index (χ3v) is 8.40. The predicted octanol–water partition coefficient (Wildman–Crippen LogP) is 5.14. The molecule has 0 atom stereocenters. The molecule has 0 N–H and O–H groups in total. The van der Waals surface area contributed by atoms with Crippen LogP contribution < -0.4 is 4.90 Å². The smallest absolute Gasteiger partial charge is 0.229 e. The number of thiazole rings is 1. The van der Waals surface area contributed by atoms with Gasteiger partial charge >= 0.3 is 0 Å². The molecule has 0 saturated carbocycles. The van der Waals surface area contributed by atoms with Gasteiger partial charge in [-0.15, -0.1) is 12.4 Å². The van der Waals surface area contributed by atoms with Crippen molar-refractivity contribution >= 4 is 66.4 Å². The maximum atomic E-state index is 13.2. The summed E-state index contributed by atoms with van der Waals surface area (Å²) in [5, 5.41) is 1.08. The van der Waals surface area contributed by atoms with Crippen molar-refractivity contribution in [3.8, 4) is 0 Å². The van der Waals surface area contributed by atoms with E-state index in [0.717, 1.165) is 34.3 Å². The van der Waals surface area contributed by atoms with Gasteiger partial charge in [0, 0.05) is 18.0 Å². The summed E-state index contributed by atoms with van der Waals surface area (Å²) in [7, 11) is 0.372. The number of nitrogens with zero attached hydrogens (tertiary/aromatic N) is 3. The molecule has 3 rings (SSSR count). The minimum Gasteiger partial charge on any atom is -0.309 e. The third-order valence-electron chi connectivity index (χ3n) is 5.21. The molecule has 1 aromatic heterocycles. The van der Waals surface area contributed by atoms with Gasteiger partial charge in [-0.3, -0.25) is 9.69 Å². The molecule has 2 aromatic carbocycles. The molecule has 1 amide bonds. The van der Waals surface area contributed by atoms with Crippen LogP contribution in [0.25, 0.3) is 10.2 Å². The van der Waals surface area contributed by atoms with Crippen LogP contribution in [0, 0.1) is 13.8 Å². The van der Waals surface area contributed by atoms with E-state index in [1.54, 1.807) is 4.90 Å². The van der Waals surface area contributed by atoms with E-state index in [4.69, 9.17) is 16.6 Å². The number of amides is 1. The molecule has 0 spiro atoms. The Bertz CT molecular complexity index is 1170. The lowest BCUT2D eigenvalue weighted by Gasteiger charge is -2.21. The minimum atomic E-state index is -3.59. The van der Waals surface area contributed by atoms with Crippen LogP contribution in [-0.4, -0.2) is 57.1 Å². The van der Waals surface area contributed by atoms with Gasteiger partial charge in [0.05, 0.1) is 20.9 Å². The maximum absolute atomic E-state index is 13.2. The molecule has 0 radical (unpaired) electrons. The van der Waals surface area contributed by atoms with Crippen molar-refractivity contribution in [1.29, 1.82) is 0 Å². The Balaban J connectivity index is 0.00000385. The molecule has 0 saturated heterocycles. The first-order valence-electron chi connectivity index (χ1n) is 10.4. The highest BCUT2D eigenvalue weighted by Crippen LogP contribution is 2.33. The average Bonchev–Trinajstić information content (AvgIpc) is 3.19. The number of aromatic nitrogens is 1. The fourth-order valence-corrected chi connectivity index (χ4v) is 5.86. The number of sulfone groups is 1. The molecular weight excluding hydrogens is 501 g/mol. The van der Waals surface area contributed by atoms with Crippen LogP contribution in [0.2, 0.25) is 5.02 Å². The van der Waals surface area contributed by atoms with Gasteiger partial charge in [0.25, 0.3) is 0 Å². The Labute approximate surface area is 210 Å². The second-order valence-electron chi connectivity index (χ2n) is 8.10. The molecular formula is C23H29Cl2N3O3S2. The largest absolute Gasteiger partial charge is 0.309 e. The number of carbonyl (C=O) groups is 1. The second-order valence-corrected chi connectivity index (χ2v) is 11.6. The van der Waals surface area contributed by atoms with Crippen LogP contribution in [0.15, 0.2) is 41.3 Å². The fourth-order valence-electron chi connectivity index (χ4n) is 3.35. The van der Waals surface area contributed by atoms with Crippen molar-refractivity contribution in [3.63, 3.8) is 0 Å². The maximum Gasteiger partial charge on any atom is 0.229 e. The lowest BCUT2D eigenvalue weighted by atomic mass is 10.1. The van der Waals surface area contributed by atoms with Gasteiger partial charge in [0.2, 0.25) is 5.91 Å². The predicted molar refractivity (Wildman–Crippen MR) is 140 cm³/mol. The van der Waals surface area contributed by atoms with Crippen LogP contribution in [-0.2, 0) is 14.6 Å². The van der Waals surface area contributed by atoms with Gasteiger partial charge in [0.15, 0.2) is 15.0 Å². The van der Waals surface area contributed by atoms with E-state index in [0.29, 0.717) is 16.7 Å². The number of carbonyl (C=O) groups excluding carboxylic acids is 1. The number of benzene rings is 2. The second kappa shape index (κ2) is 11.6. The summed E-state index contributed by atoms with van der Waals surface area (Å²) in [6, 6.07) is 10.1. The quantitative estimate of drug-likeness (QED) is 0.383. The van der Waals surface area contributed by atoms with Crippen molar-refractivity contribution in [2.45, 2.75) is 31.6 Å². The SMILES string of the molecule is Cc1ccc(C)c2sc(N(CCCN(C)C)C(=O)CCS(=O)(=O)c3ccc(Cl)cc3)nc12.Cl. The van der Waals surface area contributed by atoms with Gasteiger partial charge in [-0.25, -0.2) is 13.4 Å². The molecule has 180 valence electrons. The normalized spacial score (nSPS) is 11.6. The molecule has 0 aliphatic carbocycles. The highest BCUT2D eigenvalue weighted by molar-refractivity contribution is 7.91. The minimum absolute atomic E-state index is 0. The first-order chi connectivity index (χ1) is 15.1. The Hall–Kier alpha value is -1.71. The number of halogens is 2. The summed E-state index contributed by atoms with van der Waals surface area (Å²) in [4.78, 5) is 21.8. The fraction of sp³-hybridized carbons (Fsp3) is 0.391. The molecule has 3 aromatic rings. The van der Waals surface area contributed by atoms with Gasteiger partial charge in [-0.05, 0) is 76.3 Å². The van der Waals surface area contributed by atoms with Crippen molar-refractivity contribution in [1.82, 2.24) is 9.88 Å². The van der Waals surface area contributed by atoms with E-state index >= 15 is 0 Å². The van der Waals surface area contributed by atoms with Crippen molar-refractivity contribution < 1.29 is 13.2 Å². The lowest BCUT2D eigenvalue weighted by Crippen LogP contribution is -2.34. The van der Waals surface area contributed by atoms with Gasteiger partial charge < -0.3 is 4.90 Å². The highest BCUT2D eigenvalue weighted by Gasteiger charge is 2.23. The number of anilines is 1. The number of fused-ring (bicyclic) bond motifs is 1. The highest BCUT2D eigenvalue weighted by atomic mass is 35.5. The van der Waals surface area contributed by atoms with E-state index < -0.39 is 9.84 Å². The Morgan fingerprint density at radius 2 is 1.67 bits per heavy atom. The average molecular weight is 531 g/mol. The van der Waals surface area contributed by atoms with Crippen LogP contribution >= 0.6 is 35.3 Å². The molecule has 0 aliphatic rings. The Morgan fingerprint density at radius 1 is 1.03 bits per heavy atom. The number of hydrogen-bond donors (Lipinski definition) is 0. The molecule has 6 nitrogen and oxygen atoms in total. The van der Waals surface area contributed by atoms with E-state index in [1.165, 1.54) is 35.6 Å². The van der Waals surface area contributed by atoms with E-state index in [9.17, 15) is 13.2 Å². The van der Waals surface area contributed by atoms with Gasteiger partial charge in [-0.1, -0.05) is 35.1 Å². The standard InChI is InChI=1S/C23H28ClN3O3S2.ClH/c1-16-6-7-17(2)22-21(16)25-23(31-22)27(14-5-13-26(3)4)20(28)12-15-32(29,30)19-10-8-18(24)9-11-19;/h6-11H,5,12-15H2,1-4H3;1H. The summed E-state index contributed by atoms with van der Waals surface area (Å²) >= 11 is 7.34. The van der Waals surface area contributed by atoms with Crippen LogP contribution in [0.1, 0.15) is 24.0 Å². The summed E-state index contributed by atoms with van der Waals surface area (Å²) in [6.45, 7) is 5.33. The topological polar surface area (TPSA) is 70.6 Å². The molecule has 10 heteroatoms. The van der Waals surface area contributed by atoms with E-state index in [-0.39, 0.29) is 35.4 Å². The first-order valence-corrected chi connectivity index (χ1v) is 13.2. The van der Waals surface area contributed by atoms with Crippen molar-refractivity contribution in [3.05, 3.63) is 52.5 Å². The lowest BCUT2D eigenvalue weighted by molar-refractivity contribution is -0.118. The zero-order valence-corrected chi connectivity index (χ0v) is 22.4. The van der Waals surface area contributed by atoms with E-state index in [1.807, 2.05) is 34.0 Å². The zero-order chi connectivity index (χ0) is 23.5. The zero-order valence-electron chi connectivity index (χ0n) is 19.2. The van der Waals surface area contributed by atoms with Crippen molar-refractivity contribution in [2.75, 3.05) is 37.8 Å². The summed E-state index contributed by atoms with van der Waals surface area (Å²) in [5.74, 6) is -0.503. The van der Waals surface area contributed by atoms with Crippen LogP contribution in [0.4, 0.5) is 5.13 Å². The molecule has 1 heterocycles. The Morgan fingerprint density at radius 3 is 2.27 bits per heavy atom. The molecule has 0 fully saturated rings.